The van der Waals surface area contributed by atoms with Crippen LogP contribution < -0.4 is 4.72 Å². The molecule has 0 aliphatic carbocycles. The quantitative estimate of drug-likeness (QED) is 0.761. The maximum Gasteiger partial charge on any atom is 0.241 e. The van der Waals surface area contributed by atoms with Gasteiger partial charge in [0.1, 0.15) is 0 Å². The number of carbonyl (C=O) groups excluding carboxylic acids is 1. The minimum atomic E-state index is -3.51. The van der Waals surface area contributed by atoms with Crippen molar-refractivity contribution in [3.05, 3.63) is 28.7 Å². The van der Waals surface area contributed by atoms with E-state index in [4.69, 9.17) is 0 Å². The number of carbonyl (C=O) groups is 1. The summed E-state index contributed by atoms with van der Waals surface area (Å²) in [6.07, 6.45) is 4.33. The van der Waals surface area contributed by atoms with E-state index in [-0.39, 0.29) is 10.8 Å². The Morgan fingerprint density at radius 3 is 2.73 bits per heavy atom. The number of amides is 1. The average molecular weight is 389 g/mol. The van der Waals surface area contributed by atoms with Crippen LogP contribution in [0.2, 0.25) is 0 Å². The van der Waals surface area contributed by atoms with Crippen LogP contribution in [-0.4, -0.2) is 38.9 Å². The van der Waals surface area contributed by atoms with E-state index in [1.54, 1.807) is 24.3 Å². The summed E-state index contributed by atoms with van der Waals surface area (Å²) >= 11 is 3.25. The van der Waals surface area contributed by atoms with E-state index >= 15 is 0 Å². The molecule has 1 amide bonds. The van der Waals surface area contributed by atoms with Crippen molar-refractivity contribution in [1.82, 2.24) is 9.62 Å². The van der Waals surface area contributed by atoms with Gasteiger partial charge in [-0.3, -0.25) is 4.79 Å². The lowest BCUT2D eigenvalue weighted by Crippen LogP contribution is -2.34. The molecule has 0 spiro atoms. The molecule has 7 heteroatoms. The Labute approximate surface area is 140 Å². The molecule has 1 fully saturated rings. The van der Waals surface area contributed by atoms with Crippen LogP contribution in [0.25, 0.3) is 0 Å². The van der Waals surface area contributed by atoms with E-state index < -0.39 is 10.0 Å². The van der Waals surface area contributed by atoms with Crippen molar-refractivity contribution in [3.8, 4) is 0 Å². The third kappa shape index (κ3) is 4.79. The predicted molar refractivity (Wildman–Crippen MR) is 89.0 cm³/mol. The molecule has 22 heavy (non-hydrogen) atoms. The molecule has 1 aromatic rings. The van der Waals surface area contributed by atoms with Gasteiger partial charge in [-0.1, -0.05) is 18.6 Å². The van der Waals surface area contributed by atoms with Crippen LogP contribution in [0, 0.1) is 0 Å². The fourth-order valence-electron chi connectivity index (χ4n) is 2.49. The monoisotopic (exact) mass is 388 g/mol. The summed E-state index contributed by atoms with van der Waals surface area (Å²) in [5, 5.41) is 0. The van der Waals surface area contributed by atoms with E-state index in [2.05, 4.69) is 20.7 Å². The summed E-state index contributed by atoms with van der Waals surface area (Å²) in [5.41, 5.74) is 0. The molecular weight excluding hydrogens is 368 g/mol. The highest BCUT2D eigenvalue weighted by Crippen LogP contribution is 2.20. The highest BCUT2D eigenvalue weighted by Gasteiger charge is 2.18. The second kappa shape index (κ2) is 8.08. The number of rotatable bonds is 6. The smallest absolute Gasteiger partial charge is 0.241 e. The minimum Gasteiger partial charge on any atom is -0.343 e. The molecule has 1 saturated heterocycles. The number of hydrogen-bond acceptors (Lipinski definition) is 3. The SMILES string of the molecule is O=C1CCCCCN1CCCNS(=O)(=O)c1ccccc1Br. The van der Waals surface area contributed by atoms with Gasteiger partial charge in [0.15, 0.2) is 0 Å². The van der Waals surface area contributed by atoms with Crippen LogP contribution in [0.15, 0.2) is 33.6 Å². The molecule has 1 heterocycles. The summed E-state index contributed by atoms with van der Waals surface area (Å²) in [4.78, 5) is 13.9. The summed E-state index contributed by atoms with van der Waals surface area (Å²) in [6.45, 7) is 1.72. The largest absolute Gasteiger partial charge is 0.343 e. The first-order chi connectivity index (χ1) is 10.5. The van der Waals surface area contributed by atoms with E-state index in [0.29, 0.717) is 30.4 Å². The van der Waals surface area contributed by atoms with Crippen LogP contribution in [0.4, 0.5) is 0 Å². The van der Waals surface area contributed by atoms with Gasteiger partial charge in [0, 0.05) is 30.5 Å². The second-order valence-corrected chi connectivity index (χ2v) is 7.96. The zero-order chi connectivity index (χ0) is 16.0. The summed E-state index contributed by atoms with van der Waals surface area (Å²) in [6, 6.07) is 6.72. The third-order valence-electron chi connectivity index (χ3n) is 3.69. The van der Waals surface area contributed by atoms with Gasteiger partial charge in [-0.05, 0) is 47.3 Å². The van der Waals surface area contributed by atoms with Gasteiger partial charge in [-0.25, -0.2) is 13.1 Å². The molecular formula is C15H21BrN2O3S. The normalized spacial score (nSPS) is 16.6. The van der Waals surface area contributed by atoms with Crippen LogP contribution in [0.5, 0.6) is 0 Å². The number of halogens is 1. The van der Waals surface area contributed by atoms with Crippen molar-refractivity contribution in [2.24, 2.45) is 0 Å². The van der Waals surface area contributed by atoms with Gasteiger partial charge in [0.25, 0.3) is 0 Å². The molecule has 0 unspecified atom stereocenters. The molecule has 1 aromatic carbocycles. The summed E-state index contributed by atoms with van der Waals surface area (Å²) in [5.74, 6) is 0.186. The molecule has 1 aliphatic rings. The Balaban J connectivity index is 1.83. The van der Waals surface area contributed by atoms with Crippen molar-refractivity contribution in [1.29, 1.82) is 0 Å². The van der Waals surface area contributed by atoms with Crippen LogP contribution >= 0.6 is 15.9 Å². The maximum absolute atomic E-state index is 12.2. The zero-order valence-corrected chi connectivity index (χ0v) is 14.8. The number of nitrogens with one attached hydrogen (secondary N) is 1. The van der Waals surface area contributed by atoms with Gasteiger partial charge in [0.05, 0.1) is 4.90 Å². The summed E-state index contributed by atoms with van der Waals surface area (Å²) in [7, 11) is -3.51. The molecule has 1 aliphatic heterocycles. The van der Waals surface area contributed by atoms with E-state index in [9.17, 15) is 13.2 Å². The molecule has 0 radical (unpaired) electrons. The molecule has 0 atom stereocenters. The lowest BCUT2D eigenvalue weighted by atomic mass is 10.2. The van der Waals surface area contributed by atoms with Gasteiger partial charge in [0.2, 0.25) is 15.9 Å². The molecule has 0 aromatic heterocycles. The lowest BCUT2D eigenvalue weighted by molar-refractivity contribution is -0.130. The Bertz CT molecular complexity index is 619. The Hall–Kier alpha value is -0.920. The number of likely N-dealkylation sites (tertiary alicyclic amines) is 1. The first-order valence-corrected chi connectivity index (χ1v) is 9.80. The Morgan fingerprint density at radius 2 is 1.95 bits per heavy atom. The van der Waals surface area contributed by atoms with E-state index in [1.165, 1.54) is 0 Å². The third-order valence-corrected chi connectivity index (χ3v) is 6.17. The average Bonchev–Trinajstić information content (AvgIpc) is 2.69. The van der Waals surface area contributed by atoms with Gasteiger partial charge < -0.3 is 4.90 Å². The fraction of sp³-hybridized carbons (Fsp3) is 0.533. The van der Waals surface area contributed by atoms with Gasteiger partial charge in [-0.15, -0.1) is 0 Å². The molecule has 122 valence electrons. The standard InChI is InChI=1S/C15H21BrN2O3S/c16-13-7-3-4-8-14(13)22(20,21)17-10-6-12-18-11-5-1-2-9-15(18)19/h3-4,7-8,17H,1-2,5-6,9-12H2. The van der Waals surface area contributed by atoms with Crippen molar-refractivity contribution < 1.29 is 13.2 Å². The van der Waals surface area contributed by atoms with E-state index in [1.807, 2.05) is 4.90 Å². The molecule has 5 nitrogen and oxygen atoms in total. The lowest BCUT2D eigenvalue weighted by Gasteiger charge is -2.20. The summed E-state index contributed by atoms with van der Waals surface area (Å²) < 4.78 is 27.5. The number of benzene rings is 1. The number of nitrogens with zero attached hydrogens (tertiary/aromatic N) is 1. The van der Waals surface area contributed by atoms with Crippen LogP contribution in [0.1, 0.15) is 32.1 Å². The van der Waals surface area contributed by atoms with Crippen molar-refractivity contribution in [2.75, 3.05) is 19.6 Å². The predicted octanol–water partition coefficient (Wildman–Crippen LogP) is 2.52. The maximum atomic E-state index is 12.2. The van der Waals surface area contributed by atoms with Crippen molar-refractivity contribution in [2.45, 2.75) is 37.0 Å². The minimum absolute atomic E-state index is 0.186. The molecule has 0 saturated carbocycles. The Morgan fingerprint density at radius 1 is 1.18 bits per heavy atom. The first-order valence-electron chi connectivity index (χ1n) is 7.53. The highest BCUT2D eigenvalue weighted by atomic mass is 79.9. The van der Waals surface area contributed by atoms with Gasteiger partial charge >= 0.3 is 0 Å². The number of hydrogen-bond donors (Lipinski definition) is 1. The Kier molecular flexibility index (Phi) is 6.40. The highest BCUT2D eigenvalue weighted by molar-refractivity contribution is 9.10. The zero-order valence-electron chi connectivity index (χ0n) is 12.4. The van der Waals surface area contributed by atoms with Crippen molar-refractivity contribution >= 4 is 31.9 Å². The first kappa shape index (κ1) is 17.4. The topological polar surface area (TPSA) is 66.5 Å². The second-order valence-electron chi connectivity index (χ2n) is 5.37. The molecule has 2 rings (SSSR count). The van der Waals surface area contributed by atoms with Crippen molar-refractivity contribution in [3.63, 3.8) is 0 Å². The molecule has 0 bridgehead atoms. The van der Waals surface area contributed by atoms with Crippen LogP contribution in [0.3, 0.4) is 0 Å². The van der Waals surface area contributed by atoms with Gasteiger partial charge in [-0.2, -0.15) is 0 Å². The van der Waals surface area contributed by atoms with E-state index in [0.717, 1.165) is 25.8 Å². The molecule has 1 N–H and O–H groups in total. The number of sulfonamides is 1. The fourth-order valence-corrected chi connectivity index (χ4v) is 4.57. The van der Waals surface area contributed by atoms with Crippen LogP contribution in [-0.2, 0) is 14.8 Å².